The number of carbonyl (C=O) groups excluding carboxylic acids is 1. The highest BCUT2D eigenvalue weighted by atomic mass is 19.1. The second-order valence-corrected chi connectivity index (χ2v) is 7.41. The Balaban J connectivity index is 1.57. The van der Waals surface area contributed by atoms with Crippen molar-refractivity contribution >= 4 is 17.4 Å². The van der Waals surface area contributed by atoms with Crippen molar-refractivity contribution in [3.63, 3.8) is 0 Å². The molecule has 2 heterocycles. The van der Waals surface area contributed by atoms with Crippen LogP contribution in [0.25, 0.3) is 0 Å². The van der Waals surface area contributed by atoms with Gasteiger partial charge in [0.2, 0.25) is 11.6 Å². The number of allylic oxidation sites excluding steroid dienone is 1. The van der Waals surface area contributed by atoms with Crippen LogP contribution in [-0.4, -0.2) is 23.2 Å². The lowest BCUT2D eigenvalue weighted by molar-refractivity contribution is -0.116. The Bertz CT molecular complexity index is 1120. The van der Waals surface area contributed by atoms with E-state index in [1.807, 2.05) is 24.3 Å². The Labute approximate surface area is 171 Å². The minimum absolute atomic E-state index is 0.0217. The van der Waals surface area contributed by atoms with Gasteiger partial charge in [-0.15, -0.1) is 0 Å². The van der Waals surface area contributed by atoms with Crippen LogP contribution in [0.5, 0.6) is 5.75 Å². The van der Waals surface area contributed by atoms with Gasteiger partial charge in [-0.2, -0.15) is 0 Å². The third kappa shape index (κ3) is 3.20. The van der Waals surface area contributed by atoms with Crippen LogP contribution in [0.2, 0.25) is 0 Å². The van der Waals surface area contributed by atoms with Gasteiger partial charge < -0.3 is 15.4 Å². The zero-order valence-electron chi connectivity index (χ0n) is 16.2. The molecule has 7 nitrogen and oxygen atoms in total. The highest BCUT2D eigenvalue weighted by Crippen LogP contribution is 2.43. The van der Waals surface area contributed by atoms with Gasteiger partial charge in [-0.3, -0.25) is 4.79 Å². The van der Waals surface area contributed by atoms with Crippen molar-refractivity contribution in [2.45, 2.75) is 24.8 Å². The van der Waals surface area contributed by atoms with Crippen molar-refractivity contribution < 1.29 is 18.6 Å². The van der Waals surface area contributed by atoms with Crippen LogP contribution < -0.4 is 15.4 Å². The predicted molar refractivity (Wildman–Crippen MR) is 108 cm³/mol. The van der Waals surface area contributed by atoms with E-state index in [1.54, 1.807) is 19.2 Å². The van der Waals surface area contributed by atoms with E-state index in [0.717, 1.165) is 22.6 Å². The molecule has 8 heteroatoms. The Morgan fingerprint density at radius 3 is 2.43 bits per heavy atom. The molecule has 2 N–H and O–H groups in total. The minimum atomic E-state index is -0.409. The molecule has 1 aromatic heterocycles. The predicted octanol–water partition coefficient (Wildman–Crippen LogP) is 4.20. The Morgan fingerprint density at radius 1 is 1.00 bits per heavy atom. The molecule has 2 atom stereocenters. The van der Waals surface area contributed by atoms with E-state index in [-0.39, 0.29) is 17.5 Å². The number of hydrogen-bond donors (Lipinski definition) is 2. The molecule has 1 aliphatic carbocycles. The quantitative estimate of drug-likeness (QED) is 0.674. The first kappa shape index (κ1) is 18.4. The van der Waals surface area contributed by atoms with Crippen molar-refractivity contribution in [2.75, 3.05) is 17.7 Å². The molecule has 2 aromatic carbocycles. The first-order chi connectivity index (χ1) is 14.6. The number of fused-ring (bicyclic) bond motifs is 1. The number of ether oxygens (including phenoxy) is 1. The van der Waals surface area contributed by atoms with Crippen molar-refractivity contribution in [2.24, 2.45) is 0 Å². The summed E-state index contributed by atoms with van der Waals surface area (Å²) in [5.74, 6) is 1.28. The zero-order valence-corrected chi connectivity index (χ0v) is 16.2. The lowest BCUT2D eigenvalue weighted by Gasteiger charge is -2.29. The maximum Gasteiger partial charge on any atom is 0.219 e. The van der Waals surface area contributed by atoms with Crippen molar-refractivity contribution in [1.29, 1.82) is 0 Å². The molecule has 3 aromatic rings. The maximum absolute atomic E-state index is 13.3. The molecule has 2 unspecified atom stereocenters. The van der Waals surface area contributed by atoms with Crippen LogP contribution in [0.4, 0.5) is 16.0 Å². The van der Waals surface area contributed by atoms with E-state index in [9.17, 15) is 9.18 Å². The van der Waals surface area contributed by atoms with E-state index in [1.165, 1.54) is 12.1 Å². The number of aromatic nitrogens is 2. The molecule has 152 valence electrons. The normalized spacial score (nSPS) is 20.5. The van der Waals surface area contributed by atoms with E-state index >= 15 is 0 Å². The van der Waals surface area contributed by atoms with E-state index in [0.29, 0.717) is 30.1 Å². The van der Waals surface area contributed by atoms with Gasteiger partial charge >= 0.3 is 0 Å². The first-order valence-electron chi connectivity index (χ1n) is 9.64. The number of hydrogen-bond acceptors (Lipinski definition) is 7. The number of rotatable bonds is 3. The summed E-state index contributed by atoms with van der Waals surface area (Å²) in [4.78, 5) is 13.3. The van der Waals surface area contributed by atoms with E-state index < -0.39 is 6.04 Å². The first-order valence-corrected chi connectivity index (χ1v) is 9.64. The number of carbonyl (C=O) groups is 1. The lowest BCUT2D eigenvalue weighted by Crippen LogP contribution is -2.27. The van der Waals surface area contributed by atoms with Gasteiger partial charge in [0.05, 0.1) is 13.2 Å². The standard InChI is InChI=1S/C22H19FN4O3/c1-29-16-8-4-13(5-9-16)20-19-17(24-21-22(25-20)27-30-26-21)10-14(11-18(19)28)12-2-6-15(23)7-3-12/h2-9,14,20H,10-11H2,1H3,(H,24,26)(H,25,27). The second kappa shape index (κ2) is 7.29. The summed E-state index contributed by atoms with van der Waals surface area (Å²) in [5.41, 5.74) is 3.24. The van der Waals surface area contributed by atoms with Crippen LogP contribution in [0.3, 0.4) is 0 Å². The van der Waals surface area contributed by atoms with Gasteiger partial charge in [-0.25, -0.2) is 9.02 Å². The summed E-state index contributed by atoms with van der Waals surface area (Å²) in [6, 6.07) is 13.4. The van der Waals surface area contributed by atoms with Crippen molar-refractivity contribution in [3.05, 3.63) is 76.7 Å². The molecule has 0 spiro atoms. The highest BCUT2D eigenvalue weighted by Gasteiger charge is 2.37. The smallest absolute Gasteiger partial charge is 0.219 e. The lowest BCUT2D eigenvalue weighted by atomic mass is 9.78. The third-order valence-corrected chi connectivity index (χ3v) is 5.63. The fraction of sp³-hybridized carbons (Fsp3) is 0.227. The molecule has 0 fully saturated rings. The van der Waals surface area contributed by atoms with E-state index in [2.05, 4.69) is 20.9 Å². The van der Waals surface area contributed by atoms with Gasteiger partial charge in [0.1, 0.15) is 11.6 Å². The molecule has 0 saturated heterocycles. The number of ketones is 1. The maximum atomic E-state index is 13.3. The largest absolute Gasteiger partial charge is 0.497 e. The third-order valence-electron chi connectivity index (χ3n) is 5.63. The van der Waals surface area contributed by atoms with Crippen LogP contribution in [0.15, 0.2) is 64.4 Å². The fourth-order valence-electron chi connectivity index (χ4n) is 4.12. The molecule has 0 bridgehead atoms. The van der Waals surface area contributed by atoms with E-state index in [4.69, 9.17) is 9.37 Å². The number of halogens is 1. The molecule has 30 heavy (non-hydrogen) atoms. The summed E-state index contributed by atoms with van der Waals surface area (Å²) >= 11 is 0. The zero-order chi connectivity index (χ0) is 20.7. The fourth-order valence-corrected chi connectivity index (χ4v) is 4.12. The number of benzene rings is 2. The van der Waals surface area contributed by atoms with Crippen molar-refractivity contribution in [1.82, 2.24) is 10.3 Å². The minimum Gasteiger partial charge on any atom is -0.497 e. The molecular weight excluding hydrogens is 387 g/mol. The van der Waals surface area contributed by atoms with Gasteiger partial charge in [0.15, 0.2) is 5.78 Å². The monoisotopic (exact) mass is 406 g/mol. The average molecular weight is 406 g/mol. The summed E-state index contributed by atoms with van der Waals surface area (Å²) in [6.07, 6.45) is 0.934. The topological polar surface area (TPSA) is 89.3 Å². The molecule has 1 aliphatic heterocycles. The SMILES string of the molecule is COc1ccc(C2Nc3nonc3NC3=C2C(=O)CC(c2ccc(F)cc2)C3)cc1. The van der Waals surface area contributed by atoms with Crippen LogP contribution in [-0.2, 0) is 4.79 Å². The Hall–Kier alpha value is -3.68. The summed E-state index contributed by atoms with van der Waals surface area (Å²) in [7, 11) is 1.61. The van der Waals surface area contributed by atoms with Gasteiger partial charge in [-0.1, -0.05) is 24.3 Å². The average Bonchev–Trinajstić information content (AvgIpc) is 3.13. The molecule has 2 aliphatic rings. The summed E-state index contributed by atoms with van der Waals surface area (Å²) in [6.45, 7) is 0. The summed E-state index contributed by atoms with van der Waals surface area (Å²) in [5, 5.41) is 14.4. The number of nitrogens with one attached hydrogen (secondary N) is 2. The molecule has 5 rings (SSSR count). The molecular formula is C22H19FN4O3. The number of Topliss-reactive ketones (excluding diaryl/α,β-unsaturated/α-hetero) is 1. The Morgan fingerprint density at radius 2 is 1.70 bits per heavy atom. The molecule has 0 saturated carbocycles. The Kier molecular flexibility index (Phi) is 4.46. The highest BCUT2D eigenvalue weighted by molar-refractivity contribution is 6.00. The van der Waals surface area contributed by atoms with Gasteiger partial charge in [0.25, 0.3) is 0 Å². The van der Waals surface area contributed by atoms with Crippen LogP contribution in [0.1, 0.15) is 35.9 Å². The number of methoxy groups -OCH3 is 1. The van der Waals surface area contributed by atoms with Crippen LogP contribution >= 0.6 is 0 Å². The van der Waals surface area contributed by atoms with Crippen molar-refractivity contribution in [3.8, 4) is 5.75 Å². The molecule has 0 radical (unpaired) electrons. The summed E-state index contributed by atoms with van der Waals surface area (Å²) < 4.78 is 23.5. The van der Waals surface area contributed by atoms with Crippen LogP contribution in [0, 0.1) is 5.82 Å². The number of nitrogens with zero attached hydrogens (tertiary/aromatic N) is 2. The molecule has 0 amide bonds. The van der Waals surface area contributed by atoms with Gasteiger partial charge in [-0.05, 0) is 58.0 Å². The van der Waals surface area contributed by atoms with Gasteiger partial charge in [0, 0.05) is 17.7 Å². The second-order valence-electron chi connectivity index (χ2n) is 7.41. The number of anilines is 2.